The molecule has 6 nitrogen and oxygen atoms in total. The van der Waals surface area contributed by atoms with Crippen molar-refractivity contribution in [2.24, 2.45) is 0 Å². The summed E-state index contributed by atoms with van der Waals surface area (Å²) in [5, 5.41) is 5.94. The Hall–Kier alpha value is -2.34. The van der Waals surface area contributed by atoms with Crippen LogP contribution in [0.1, 0.15) is 24.3 Å². The van der Waals surface area contributed by atoms with Crippen LogP contribution < -0.4 is 10.6 Å². The number of aryl methyl sites for hydroxylation is 1. The van der Waals surface area contributed by atoms with E-state index in [9.17, 15) is 9.59 Å². The van der Waals surface area contributed by atoms with Crippen LogP contribution in [0.25, 0.3) is 11.5 Å². The Bertz CT molecular complexity index is 768. The van der Waals surface area contributed by atoms with Gasteiger partial charge in [-0.2, -0.15) is 0 Å². The van der Waals surface area contributed by atoms with Crippen LogP contribution in [0.15, 0.2) is 28.7 Å². The Morgan fingerprint density at radius 1 is 1.29 bits per heavy atom. The first-order valence-corrected chi connectivity index (χ1v) is 8.18. The normalized spacial score (nSPS) is 13.6. The van der Waals surface area contributed by atoms with Gasteiger partial charge in [-0.05, 0) is 31.9 Å². The predicted molar refractivity (Wildman–Crippen MR) is 89.6 cm³/mol. The van der Waals surface area contributed by atoms with Crippen LogP contribution in [0.2, 0.25) is 5.02 Å². The summed E-state index contributed by atoms with van der Waals surface area (Å²) in [6.07, 6.45) is 2.09. The molecule has 1 aliphatic carbocycles. The quantitative estimate of drug-likeness (QED) is 0.839. The number of oxazole rings is 1. The van der Waals surface area contributed by atoms with E-state index in [-0.39, 0.29) is 30.8 Å². The lowest BCUT2D eigenvalue weighted by Crippen LogP contribution is -2.38. The maximum absolute atomic E-state index is 12.0. The second kappa shape index (κ2) is 7.05. The van der Waals surface area contributed by atoms with Gasteiger partial charge in [-0.3, -0.25) is 9.59 Å². The molecular formula is C17H18ClN3O3. The van der Waals surface area contributed by atoms with E-state index in [0.717, 1.165) is 12.8 Å². The Morgan fingerprint density at radius 3 is 2.75 bits per heavy atom. The number of carbonyl (C=O) groups excluding carboxylic acids is 2. The zero-order valence-electron chi connectivity index (χ0n) is 13.3. The van der Waals surface area contributed by atoms with E-state index >= 15 is 0 Å². The van der Waals surface area contributed by atoms with E-state index < -0.39 is 0 Å². The van der Waals surface area contributed by atoms with E-state index in [4.69, 9.17) is 16.0 Å². The molecule has 1 fully saturated rings. The maximum atomic E-state index is 12.0. The van der Waals surface area contributed by atoms with Crippen LogP contribution in [0.4, 0.5) is 0 Å². The van der Waals surface area contributed by atoms with Crippen LogP contribution in [0.5, 0.6) is 0 Å². The number of hydrogen-bond donors (Lipinski definition) is 2. The zero-order valence-corrected chi connectivity index (χ0v) is 14.0. The summed E-state index contributed by atoms with van der Waals surface area (Å²) in [6, 6.07) is 7.50. The summed E-state index contributed by atoms with van der Waals surface area (Å²) in [4.78, 5) is 27.9. The van der Waals surface area contributed by atoms with Gasteiger partial charge in [0, 0.05) is 6.04 Å². The van der Waals surface area contributed by atoms with Gasteiger partial charge in [0.15, 0.2) is 0 Å². The average Bonchev–Trinajstić information content (AvgIpc) is 3.29. The Labute approximate surface area is 144 Å². The fourth-order valence-electron chi connectivity index (χ4n) is 2.24. The molecule has 126 valence electrons. The van der Waals surface area contributed by atoms with Crippen molar-refractivity contribution in [3.05, 3.63) is 40.7 Å². The largest absolute Gasteiger partial charge is 0.441 e. The minimum absolute atomic E-state index is 0.0242. The molecule has 1 aromatic heterocycles. The lowest BCUT2D eigenvalue weighted by atomic mass is 10.2. The number of aromatic nitrogens is 1. The highest BCUT2D eigenvalue weighted by Crippen LogP contribution is 2.28. The summed E-state index contributed by atoms with van der Waals surface area (Å²) in [7, 11) is 0. The highest BCUT2D eigenvalue weighted by molar-refractivity contribution is 6.33. The standard InChI is InChI=1S/C17H18ClN3O3/c1-10-14(8-15(22)19-9-16(23)20-11-6-7-11)21-17(24-10)12-4-2-3-5-13(12)18/h2-5,11H,6-9H2,1H3,(H,19,22)(H,20,23). The molecule has 0 bridgehead atoms. The van der Waals surface area contributed by atoms with E-state index in [0.29, 0.717) is 27.9 Å². The highest BCUT2D eigenvalue weighted by Gasteiger charge is 2.23. The molecule has 0 aliphatic heterocycles. The first-order valence-electron chi connectivity index (χ1n) is 7.80. The smallest absolute Gasteiger partial charge is 0.239 e. The van der Waals surface area contributed by atoms with Crippen molar-refractivity contribution < 1.29 is 14.0 Å². The van der Waals surface area contributed by atoms with Gasteiger partial charge in [-0.1, -0.05) is 23.7 Å². The van der Waals surface area contributed by atoms with Crippen molar-refractivity contribution in [3.63, 3.8) is 0 Å². The number of rotatable bonds is 6. The van der Waals surface area contributed by atoms with Crippen LogP contribution in [0.3, 0.4) is 0 Å². The van der Waals surface area contributed by atoms with Gasteiger partial charge in [0.25, 0.3) is 0 Å². The molecule has 2 N–H and O–H groups in total. The van der Waals surface area contributed by atoms with Gasteiger partial charge in [0.2, 0.25) is 17.7 Å². The second-order valence-corrected chi connectivity index (χ2v) is 6.20. The monoisotopic (exact) mass is 347 g/mol. The molecule has 1 saturated carbocycles. The third kappa shape index (κ3) is 4.14. The fourth-order valence-corrected chi connectivity index (χ4v) is 2.46. The van der Waals surface area contributed by atoms with Crippen LogP contribution in [-0.4, -0.2) is 29.4 Å². The predicted octanol–water partition coefficient (Wildman–Crippen LogP) is 2.24. The molecular weight excluding hydrogens is 330 g/mol. The van der Waals surface area contributed by atoms with E-state index in [1.807, 2.05) is 12.1 Å². The molecule has 0 unspecified atom stereocenters. The number of benzene rings is 1. The number of amides is 2. The van der Waals surface area contributed by atoms with Crippen molar-refractivity contribution in [1.82, 2.24) is 15.6 Å². The first kappa shape index (κ1) is 16.5. The van der Waals surface area contributed by atoms with Gasteiger partial charge in [-0.25, -0.2) is 4.98 Å². The molecule has 2 amide bonds. The van der Waals surface area contributed by atoms with Crippen molar-refractivity contribution in [1.29, 1.82) is 0 Å². The number of carbonyl (C=O) groups is 2. The molecule has 0 atom stereocenters. The highest BCUT2D eigenvalue weighted by atomic mass is 35.5. The number of hydrogen-bond acceptors (Lipinski definition) is 4. The van der Waals surface area contributed by atoms with Gasteiger partial charge >= 0.3 is 0 Å². The minimum atomic E-state index is -0.275. The molecule has 1 aromatic carbocycles. The SMILES string of the molecule is Cc1oc(-c2ccccc2Cl)nc1CC(=O)NCC(=O)NC1CC1. The summed E-state index contributed by atoms with van der Waals surface area (Å²) in [5.74, 6) is 0.498. The Balaban J connectivity index is 1.59. The zero-order chi connectivity index (χ0) is 17.1. The van der Waals surface area contributed by atoms with Crippen LogP contribution in [-0.2, 0) is 16.0 Å². The second-order valence-electron chi connectivity index (χ2n) is 5.80. The molecule has 0 spiro atoms. The van der Waals surface area contributed by atoms with Crippen LogP contribution >= 0.6 is 11.6 Å². The third-order valence-electron chi connectivity index (χ3n) is 3.71. The lowest BCUT2D eigenvalue weighted by molar-refractivity contribution is -0.125. The molecule has 0 radical (unpaired) electrons. The molecule has 24 heavy (non-hydrogen) atoms. The number of nitrogens with one attached hydrogen (secondary N) is 2. The van der Waals surface area contributed by atoms with Crippen LogP contribution in [0, 0.1) is 6.92 Å². The van der Waals surface area contributed by atoms with Crippen molar-refractivity contribution in [2.75, 3.05) is 6.54 Å². The molecule has 2 aromatic rings. The lowest BCUT2D eigenvalue weighted by Gasteiger charge is -2.05. The topological polar surface area (TPSA) is 84.2 Å². The summed E-state index contributed by atoms with van der Waals surface area (Å²) >= 11 is 6.13. The molecule has 1 heterocycles. The van der Waals surface area contributed by atoms with Gasteiger partial charge in [0.1, 0.15) is 5.76 Å². The van der Waals surface area contributed by atoms with Crippen molar-refractivity contribution >= 4 is 23.4 Å². The van der Waals surface area contributed by atoms with Gasteiger partial charge in [-0.15, -0.1) is 0 Å². The average molecular weight is 348 g/mol. The fraction of sp³-hybridized carbons (Fsp3) is 0.353. The summed E-state index contributed by atoms with van der Waals surface area (Å²) < 4.78 is 5.61. The third-order valence-corrected chi connectivity index (χ3v) is 4.04. The molecule has 7 heteroatoms. The molecule has 0 saturated heterocycles. The van der Waals surface area contributed by atoms with E-state index in [1.165, 1.54) is 0 Å². The van der Waals surface area contributed by atoms with Crippen molar-refractivity contribution in [2.45, 2.75) is 32.2 Å². The van der Waals surface area contributed by atoms with E-state index in [2.05, 4.69) is 15.6 Å². The molecule has 1 aliphatic rings. The summed E-state index contributed by atoms with van der Waals surface area (Å²) in [6.45, 7) is 1.72. The Morgan fingerprint density at radius 2 is 2.04 bits per heavy atom. The number of halogens is 1. The van der Waals surface area contributed by atoms with Gasteiger partial charge in [0.05, 0.1) is 29.2 Å². The molecule has 3 rings (SSSR count). The maximum Gasteiger partial charge on any atom is 0.239 e. The first-order chi connectivity index (χ1) is 11.5. The van der Waals surface area contributed by atoms with Crippen molar-refractivity contribution in [3.8, 4) is 11.5 Å². The number of nitrogens with zero attached hydrogens (tertiary/aromatic N) is 1. The summed E-state index contributed by atoms with van der Waals surface area (Å²) in [5.41, 5.74) is 1.21. The van der Waals surface area contributed by atoms with E-state index in [1.54, 1.807) is 19.1 Å². The minimum Gasteiger partial charge on any atom is -0.441 e. The Kier molecular flexibility index (Phi) is 4.85. The van der Waals surface area contributed by atoms with Gasteiger partial charge < -0.3 is 15.1 Å².